The van der Waals surface area contributed by atoms with Crippen molar-refractivity contribution in [2.45, 2.75) is 0 Å². The lowest BCUT2D eigenvalue weighted by atomic mass is 10.0. The van der Waals surface area contributed by atoms with Gasteiger partial charge in [0.15, 0.2) is 0 Å². The summed E-state index contributed by atoms with van der Waals surface area (Å²) < 4.78 is 4.70. The Hall–Kier alpha value is -6.37. The third kappa shape index (κ3) is 4.05. The molecule has 0 saturated carbocycles. The molecule has 0 aliphatic carbocycles. The van der Waals surface area contributed by atoms with Crippen LogP contribution in [0.2, 0.25) is 0 Å². The van der Waals surface area contributed by atoms with Gasteiger partial charge in [0, 0.05) is 32.9 Å². The van der Waals surface area contributed by atoms with Gasteiger partial charge in [-0.25, -0.2) is 0 Å². The number of hydrogen-bond acceptors (Lipinski definition) is 1. The molecule has 214 valence electrons. The van der Waals surface area contributed by atoms with Crippen molar-refractivity contribution in [3.8, 4) is 39.7 Å². The first-order chi connectivity index (χ1) is 22.8. The average molecular weight is 586 g/mol. The zero-order valence-corrected chi connectivity index (χ0v) is 24.9. The predicted octanol–water partition coefficient (Wildman–Crippen LogP) is 11.1. The summed E-state index contributed by atoms with van der Waals surface area (Å²) in [7, 11) is 0. The van der Waals surface area contributed by atoms with Gasteiger partial charge >= 0.3 is 0 Å². The van der Waals surface area contributed by atoms with Gasteiger partial charge < -0.3 is 9.13 Å². The van der Waals surface area contributed by atoms with E-state index in [-0.39, 0.29) is 0 Å². The molecular weight excluding hydrogens is 558 g/mol. The van der Waals surface area contributed by atoms with Gasteiger partial charge in [-0.3, -0.25) is 0 Å². The molecule has 3 nitrogen and oxygen atoms in total. The van der Waals surface area contributed by atoms with Crippen LogP contribution >= 0.6 is 0 Å². The molecule has 0 atom stereocenters. The third-order valence-electron chi connectivity index (χ3n) is 9.16. The molecule has 0 amide bonds. The van der Waals surface area contributed by atoms with Gasteiger partial charge in [0.2, 0.25) is 0 Å². The predicted molar refractivity (Wildman–Crippen MR) is 191 cm³/mol. The smallest absolute Gasteiger partial charge is 0.0991 e. The number of para-hydroxylation sites is 3. The van der Waals surface area contributed by atoms with Crippen LogP contribution in [0.5, 0.6) is 0 Å². The minimum Gasteiger partial charge on any atom is -0.309 e. The van der Waals surface area contributed by atoms with E-state index in [4.69, 9.17) is 0 Å². The molecule has 2 aromatic heterocycles. The Morgan fingerprint density at radius 1 is 0.348 bits per heavy atom. The molecule has 7 aromatic carbocycles. The number of rotatable bonds is 4. The van der Waals surface area contributed by atoms with Gasteiger partial charge in [-0.2, -0.15) is 5.26 Å². The largest absolute Gasteiger partial charge is 0.309 e. The Kier molecular flexibility index (Phi) is 5.88. The fraction of sp³-hybridized carbons (Fsp3) is 0. The molecule has 0 fully saturated rings. The molecule has 0 unspecified atom stereocenters. The quantitative estimate of drug-likeness (QED) is 0.202. The van der Waals surface area contributed by atoms with Crippen molar-refractivity contribution in [2.24, 2.45) is 0 Å². The first-order valence-electron chi connectivity index (χ1n) is 15.5. The standard InChI is InChI=1S/C43H27N3/c44-28-29-8-7-9-32(26-29)30-16-21-35(22-17-30)46-42-15-6-3-12-38(42)39-27-33(20-25-43(39)46)31-18-23-34(24-19-31)45-40-13-4-1-10-36(40)37-11-2-5-14-41(37)45/h1-27H. The number of hydrogen-bond donors (Lipinski definition) is 0. The van der Waals surface area contributed by atoms with Crippen LogP contribution in [0, 0.1) is 11.3 Å². The van der Waals surface area contributed by atoms with Crippen molar-refractivity contribution in [1.82, 2.24) is 9.13 Å². The lowest BCUT2D eigenvalue weighted by Gasteiger charge is -2.11. The Labute approximate surface area is 266 Å². The fourth-order valence-electron chi connectivity index (χ4n) is 7.01. The normalized spacial score (nSPS) is 11.5. The minimum absolute atomic E-state index is 0.668. The number of nitrogens with zero attached hydrogens (tertiary/aromatic N) is 3. The highest BCUT2D eigenvalue weighted by molar-refractivity contribution is 6.11. The highest BCUT2D eigenvalue weighted by Gasteiger charge is 2.15. The summed E-state index contributed by atoms with van der Waals surface area (Å²) in [6.45, 7) is 0. The SMILES string of the molecule is N#Cc1cccc(-c2ccc(-n3c4ccccc4c4cc(-c5ccc(-n6c7ccccc7c7ccccc76)cc5)ccc43)cc2)c1. The topological polar surface area (TPSA) is 33.6 Å². The summed E-state index contributed by atoms with van der Waals surface area (Å²) in [5.41, 5.74) is 12.2. The van der Waals surface area contributed by atoms with Crippen LogP contribution in [0.4, 0.5) is 0 Å². The second kappa shape index (κ2) is 10.4. The van der Waals surface area contributed by atoms with Crippen molar-refractivity contribution in [1.29, 1.82) is 5.26 Å². The van der Waals surface area contributed by atoms with Gasteiger partial charge in [0.05, 0.1) is 33.7 Å². The van der Waals surface area contributed by atoms with E-state index < -0.39 is 0 Å². The molecule has 9 aromatic rings. The minimum atomic E-state index is 0.668. The Bertz CT molecular complexity index is 2580. The second-order valence-corrected chi connectivity index (χ2v) is 11.7. The fourth-order valence-corrected chi connectivity index (χ4v) is 7.01. The van der Waals surface area contributed by atoms with Crippen LogP contribution < -0.4 is 0 Å². The molecule has 3 heteroatoms. The molecule has 0 aliphatic heterocycles. The highest BCUT2D eigenvalue weighted by Crippen LogP contribution is 2.37. The molecule has 0 spiro atoms. The lowest BCUT2D eigenvalue weighted by Crippen LogP contribution is -1.94. The maximum Gasteiger partial charge on any atom is 0.0991 e. The summed E-state index contributed by atoms with van der Waals surface area (Å²) in [6, 6.07) is 60.2. The molecule has 0 saturated heterocycles. The van der Waals surface area contributed by atoms with Crippen molar-refractivity contribution < 1.29 is 0 Å². The van der Waals surface area contributed by atoms with Crippen LogP contribution in [0.3, 0.4) is 0 Å². The van der Waals surface area contributed by atoms with E-state index in [2.05, 4.69) is 155 Å². The van der Waals surface area contributed by atoms with Crippen molar-refractivity contribution >= 4 is 43.6 Å². The summed E-state index contributed by atoms with van der Waals surface area (Å²) in [6.07, 6.45) is 0. The maximum atomic E-state index is 9.34. The molecule has 2 heterocycles. The Morgan fingerprint density at radius 3 is 1.30 bits per heavy atom. The zero-order valence-electron chi connectivity index (χ0n) is 24.9. The summed E-state index contributed by atoms with van der Waals surface area (Å²) in [5.74, 6) is 0. The molecule has 0 aliphatic rings. The van der Waals surface area contributed by atoms with Crippen molar-refractivity contribution in [3.05, 3.63) is 169 Å². The van der Waals surface area contributed by atoms with Crippen LogP contribution in [-0.2, 0) is 0 Å². The molecule has 9 rings (SSSR count). The van der Waals surface area contributed by atoms with Crippen LogP contribution in [0.1, 0.15) is 5.56 Å². The summed E-state index contributed by atoms with van der Waals surface area (Å²) >= 11 is 0. The van der Waals surface area contributed by atoms with E-state index in [1.54, 1.807) is 0 Å². The molecule has 0 N–H and O–H groups in total. The average Bonchev–Trinajstić information content (AvgIpc) is 3.64. The van der Waals surface area contributed by atoms with Gasteiger partial charge in [-0.05, 0) is 89.0 Å². The monoisotopic (exact) mass is 585 g/mol. The van der Waals surface area contributed by atoms with Crippen molar-refractivity contribution in [3.63, 3.8) is 0 Å². The van der Waals surface area contributed by atoms with E-state index in [1.165, 1.54) is 54.7 Å². The van der Waals surface area contributed by atoms with E-state index in [0.717, 1.165) is 22.5 Å². The van der Waals surface area contributed by atoms with E-state index in [0.29, 0.717) is 5.56 Å². The van der Waals surface area contributed by atoms with Gasteiger partial charge in [-0.1, -0.05) is 97.1 Å². The number of aromatic nitrogens is 2. The lowest BCUT2D eigenvalue weighted by molar-refractivity contribution is 1.18. The van der Waals surface area contributed by atoms with Gasteiger partial charge in [-0.15, -0.1) is 0 Å². The summed E-state index contributed by atoms with van der Waals surface area (Å²) in [5, 5.41) is 14.3. The molecule has 0 radical (unpaired) electrons. The maximum absolute atomic E-state index is 9.34. The van der Waals surface area contributed by atoms with Crippen LogP contribution in [0.15, 0.2) is 164 Å². The van der Waals surface area contributed by atoms with Gasteiger partial charge in [0.1, 0.15) is 0 Å². The van der Waals surface area contributed by atoms with Gasteiger partial charge in [0.25, 0.3) is 0 Å². The Morgan fingerprint density at radius 2 is 0.783 bits per heavy atom. The van der Waals surface area contributed by atoms with Crippen molar-refractivity contribution in [2.75, 3.05) is 0 Å². The number of fused-ring (bicyclic) bond motifs is 6. The van der Waals surface area contributed by atoms with E-state index >= 15 is 0 Å². The first kappa shape index (κ1) is 26.1. The van der Waals surface area contributed by atoms with E-state index in [1.807, 2.05) is 24.3 Å². The summed E-state index contributed by atoms with van der Waals surface area (Å²) in [4.78, 5) is 0. The van der Waals surface area contributed by atoms with Crippen LogP contribution in [-0.4, -0.2) is 9.13 Å². The molecular formula is C43H27N3. The molecule has 46 heavy (non-hydrogen) atoms. The zero-order chi connectivity index (χ0) is 30.6. The third-order valence-corrected chi connectivity index (χ3v) is 9.16. The molecule has 0 bridgehead atoms. The number of nitriles is 1. The van der Waals surface area contributed by atoms with E-state index in [9.17, 15) is 5.26 Å². The first-order valence-corrected chi connectivity index (χ1v) is 15.5. The highest BCUT2D eigenvalue weighted by atomic mass is 15.0. The Balaban J connectivity index is 1.12. The second-order valence-electron chi connectivity index (χ2n) is 11.7. The van der Waals surface area contributed by atoms with Crippen LogP contribution in [0.25, 0.3) is 77.2 Å². The number of benzene rings is 7.